The first-order chi connectivity index (χ1) is 11.7. The van der Waals surface area contributed by atoms with E-state index >= 15 is 0 Å². The van der Waals surface area contributed by atoms with Crippen LogP contribution in [0.2, 0.25) is 0 Å². The summed E-state index contributed by atoms with van der Waals surface area (Å²) in [7, 11) is 0. The average Bonchev–Trinajstić information content (AvgIpc) is 2.48. The van der Waals surface area contributed by atoms with Crippen molar-refractivity contribution in [2.45, 2.75) is 31.6 Å². The topological polar surface area (TPSA) is 60.7 Å². The fourth-order valence-corrected chi connectivity index (χ4v) is 2.83. The van der Waals surface area contributed by atoms with Crippen LogP contribution in [0.4, 0.5) is 26.3 Å². The van der Waals surface area contributed by atoms with E-state index in [1.807, 2.05) is 0 Å². The molecule has 0 heterocycles. The van der Waals surface area contributed by atoms with Crippen LogP contribution in [-0.4, -0.2) is 27.7 Å². The zero-order chi connectivity index (χ0) is 20.1. The van der Waals surface area contributed by atoms with Crippen LogP contribution in [-0.2, 0) is 5.41 Å². The Morgan fingerprint density at radius 3 is 1.69 bits per heavy atom. The lowest BCUT2D eigenvalue weighted by Gasteiger charge is -2.39. The highest BCUT2D eigenvalue weighted by Gasteiger charge is 2.73. The average molecular weight is 380 g/mol. The molecule has 26 heavy (non-hydrogen) atoms. The summed E-state index contributed by atoms with van der Waals surface area (Å²) in [5, 5.41) is 29.0. The van der Waals surface area contributed by atoms with Crippen molar-refractivity contribution in [2.24, 2.45) is 0 Å². The third-order valence-corrected chi connectivity index (χ3v) is 4.29. The van der Waals surface area contributed by atoms with E-state index in [4.69, 9.17) is 0 Å². The van der Waals surface area contributed by atoms with Crippen molar-refractivity contribution < 1.29 is 41.7 Å². The second-order valence-corrected chi connectivity index (χ2v) is 5.85. The molecular weight excluding hydrogens is 366 g/mol. The summed E-state index contributed by atoms with van der Waals surface area (Å²) in [5.41, 5.74) is -7.95. The SMILES string of the molecule is Cc1cc(C(c2ccc(O)c(C)c2O)(C(F)(F)F)C(F)(F)F)ccc1O. The molecule has 3 N–H and O–H groups in total. The molecule has 2 aromatic rings. The fraction of sp³-hybridized carbons (Fsp3) is 0.294. The molecule has 0 aliphatic carbocycles. The van der Waals surface area contributed by atoms with Crippen LogP contribution in [0.3, 0.4) is 0 Å². The summed E-state index contributed by atoms with van der Waals surface area (Å²) in [4.78, 5) is 0. The summed E-state index contributed by atoms with van der Waals surface area (Å²) < 4.78 is 83.6. The van der Waals surface area contributed by atoms with Gasteiger partial charge in [-0.25, -0.2) is 0 Å². The van der Waals surface area contributed by atoms with E-state index in [0.29, 0.717) is 24.3 Å². The summed E-state index contributed by atoms with van der Waals surface area (Å²) in [6, 6.07) is 2.84. The third-order valence-electron chi connectivity index (χ3n) is 4.29. The van der Waals surface area contributed by atoms with Gasteiger partial charge < -0.3 is 15.3 Å². The van der Waals surface area contributed by atoms with Crippen LogP contribution in [0, 0.1) is 13.8 Å². The molecule has 0 saturated carbocycles. The summed E-state index contributed by atoms with van der Waals surface area (Å²) in [5.74, 6) is -2.44. The highest BCUT2D eigenvalue weighted by molar-refractivity contribution is 5.57. The van der Waals surface area contributed by atoms with Crippen molar-refractivity contribution in [3.05, 3.63) is 52.6 Å². The first kappa shape index (κ1) is 19.7. The van der Waals surface area contributed by atoms with Gasteiger partial charge in [0.2, 0.25) is 5.41 Å². The molecule has 0 bridgehead atoms. The number of aromatic hydroxyl groups is 3. The second-order valence-electron chi connectivity index (χ2n) is 5.85. The molecule has 3 nitrogen and oxygen atoms in total. The number of rotatable bonds is 2. The molecule has 0 saturated heterocycles. The Morgan fingerprint density at radius 2 is 1.23 bits per heavy atom. The highest BCUT2D eigenvalue weighted by Crippen LogP contribution is 2.59. The number of phenols is 3. The van der Waals surface area contributed by atoms with Crippen LogP contribution in [0.15, 0.2) is 30.3 Å². The van der Waals surface area contributed by atoms with Gasteiger partial charge in [0.15, 0.2) is 0 Å². The molecule has 0 radical (unpaired) electrons. The number of hydrogen-bond donors (Lipinski definition) is 3. The van der Waals surface area contributed by atoms with Crippen molar-refractivity contribution in [3.63, 3.8) is 0 Å². The van der Waals surface area contributed by atoms with Gasteiger partial charge in [0.25, 0.3) is 0 Å². The van der Waals surface area contributed by atoms with Crippen LogP contribution in [0.25, 0.3) is 0 Å². The van der Waals surface area contributed by atoms with Crippen molar-refractivity contribution in [1.29, 1.82) is 0 Å². The van der Waals surface area contributed by atoms with E-state index in [-0.39, 0.29) is 5.56 Å². The Balaban J connectivity index is 3.04. The predicted molar refractivity (Wildman–Crippen MR) is 80.2 cm³/mol. The molecule has 0 fully saturated rings. The van der Waals surface area contributed by atoms with Crippen molar-refractivity contribution in [1.82, 2.24) is 0 Å². The van der Waals surface area contributed by atoms with Gasteiger partial charge in [-0.05, 0) is 37.1 Å². The third kappa shape index (κ3) is 2.71. The summed E-state index contributed by atoms with van der Waals surface area (Å²) in [6.45, 7) is 2.14. The number of hydrogen-bond acceptors (Lipinski definition) is 3. The van der Waals surface area contributed by atoms with Crippen LogP contribution in [0.5, 0.6) is 17.2 Å². The maximum atomic E-state index is 13.9. The minimum Gasteiger partial charge on any atom is -0.508 e. The Bertz CT molecular complexity index is 826. The van der Waals surface area contributed by atoms with Gasteiger partial charge in [0.05, 0.1) is 0 Å². The molecule has 0 amide bonds. The van der Waals surface area contributed by atoms with E-state index in [2.05, 4.69) is 0 Å². The fourth-order valence-electron chi connectivity index (χ4n) is 2.83. The van der Waals surface area contributed by atoms with E-state index in [0.717, 1.165) is 19.9 Å². The smallest absolute Gasteiger partial charge is 0.411 e. The van der Waals surface area contributed by atoms with E-state index in [9.17, 15) is 41.7 Å². The lowest BCUT2D eigenvalue weighted by atomic mass is 9.71. The molecule has 0 atom stereocenters. The van der Waals surface area contributed by atoms with Crippen molar-refractivity contribution >= 4 is 0 Å². The number of phenolic OH excluding ortho intramolecular Hbond substituents is 3. The number of benzene rings is 2. The zero-order valence-electron chi connectivity index (χ0n) is 13.5. The molecule has 0 aromatic heterocycles. The number of halogens is 6. The minimum absolute atomic E-state index is 0.199. The van der Waals surface area contributed by atoms with Gasteiger partial charge in [-0.2, -0.15) is 26.3 Å². The van der Waals surface area contributed by atoms with Crippen molar-refractivity contribution in [2.75, 3.05) is 0 Å². The zero-order valence-corrected chi connectivity index (χ0v) is 13.5. The predicted octanol–water partition coefficient (Wildman–Crippen LogP) is 4.83. The van der Waals surface area contributed by atoms with E-state index in [1.54, 1.807) is 0 Å². The number of aryl methyl sites for hydroxylation is 1. The van der Waals surface area contributed by atoms with Gasteiger partial charge in [-0.15, -0.1) is 0 Å². The molecule has 0 unspecified atom stereocenters. The molecule has 0 spiro atoms. The molecule has 0 aliphatic rings. The molecule has 2 rings (SSSR count). The van der Waals surface area contributed by atoms with E-state index < -0.39 is 51.7 Å². The van der Waals surface area contributed by atoms with Gasteiger partial charge in [-0.1, -0.05) is 18.2 Å². The monoisotopic (exact) mass is 380 g/mol. The van der Waals surface area contributed by atoms with Crippen LogP contribution >= 0.6 is 0 Å². The lowest BCUT2D eigenvalue weighted by molar-refractivity contribution is -0.289. The molecule has 9 heteroatoms. The number of alkyl halides is 6. The lowest BCUT2D eigenvalue weighted by Crippen LogP contribution is -2.54. The second kappa shape index (κ2) is 6.00. The standard InChI is InChI=1S/C17H14F6O3/c1-8-7-10(3-5-12(8)24)15(16(18,19)20,17(21,22)23)11-4-6-13(25)9(2)14(11)26/h3-7,24-26H,1-2H3. The summed E-state index contributed by atoms with van der Waals surface area (Å²) >= 11 is 0. The molecule has 0 aliphatic heterocycles. The van der Waals surface area contributed by atoms with Gasteiger partial charge in [0.1, 0.15) is 17.2 Å². The first-order valence-electron chi connectivity index (χ1n) is 7.20. The molecule has 2 aromatic carbocycles. The van der Waals surface area contributed by atoms with Gasteiger partial charge in [0, 0.05) is 11.1 Å². The van der Waals surface area contributed by atoms with Crippen LogP contribution in [0.1, 0.15) is 22.3 Å². The maximum Gasteiger partial charge on any atom is 0.411 e. The Morgan fingerprint density at radius 1 is 0.731 bits per heavy atom. The quantitative estimate of drug-likeness (QED) is 0.654. The highest BCUT2D eigenvalue weighted by atomic mass is 19.4. The van der Waals surface area contributed by atoms with E-state index in [1.165, 1.54) is 0 Å². The van der Waals surface area contributed by atoms with Crippen LogP contribution < -0.4 is 0 Å². The van der Waals surface area contributed by atoms with Gasteiger partial charge >= 0.3 is 12.4 Å². The largest absolute Gasteiger partial charge is 0.508 e. The molecule has 142 valence electrons. The molecular formula is C17H14F6O3. The minimum atomic E-state index is -5.88. The van der Waals surface area contributed by atoms with Gasteiger partial charge in [-0.3, -0.25) is 0 Å². The Labute approximate surface area is 144 Å². The normalized spacial score (nSPS) is 13.1. The van der Waals surface area contributed by atoms with Crippen molar-refractivity contribution in [3.8, 4) is 17.2 Å². The summed E-state index contributed by atoms with van der Waals surface area (Å²) in [6.07, 6.45) is -11.8. The first-order valence-corrected chi connectivity index (χ1v) is 7.20. The Hall–Kier alpha value is -2.58. The maximum absolute atomic E-state index is 13.9. The Kier molecular flexibility index (Phi) is 4.55.